The van der Waals surface area contributed by atoms with Gasteiger partial charge in [-0.1, -0.05) is 30.3 Å². The van der Waals surface area contributed by atoms with Crippen molar-refractivity contribution in [3.63, 3.8) is 0 Å². The van der Waals surface area contributed by atoms with Gasteiger partial charge in [0.25, 0.3) is 0 Å². The lowest BCUT2D eigenvalue weighted by Crippen LogP contribution is -2.54. The minimum absolute atomic E-state index is 0.106. The lowest BCUT2D eigenvalue weighted by atomic mass is 10.0. The van der Waals surface area contributed by atoms with E-state index in [1.165, 1.54) is 16.8 Å². The molecule has 2 unspecified atom stereocenters. The van der Waals surface area contributed by atoms with Gasteiger partial charge >= 0.3 is 12.2 Å². The first-order chi connectivity index (χ1) is 13.2. The quantitative estimate of drug-likeness (QED) is 0.550. The molecule has 1 aromatic rings. The minimum Gasteiger partial charge on any atom is -0.445 e. The SMILES string of the molecule is CN(C(=O)OC(C)(C)C)C1CCN(C(=O)OCc2ccccc2)CC1F.SS. The fourth-order valence-electron chi connectivity index (χ4n) is 2.77. The van der Waals surface area contributed by atoms with Crippen LogP contribution in [0.5, 0.6) is 0 Å². The highest BCUT2D eigenvalue weighted by Crippen LogP contribution is 2.21. The van der Waals surface area contributed by atoms with E-state index in [1.807, 2.05) is 30.3 Å². The fourth-order valence-corrected chi connectivity index (χ4v) is 2.77. The van der Waals surface area contributed by atoms with Crippen molar-refractivity contribution in [1.82, 2.24) is 9.80 Å². The normalized spacial score (nSPS) is 19.2. The number of benzene rings is 1. The van der Waals surface area contributed by atoms with Crippen molar-refractivity contribution in [2.75, 3.05) is 20.1 Å². The Balaban J connectivity index is 0.00000190. The van der Waals surface area contributed by atoms with Gasteiger partial charge in [0, 0.05) is 13.6 Å². The van der Waals surface area contributed by atoms with Gasteiger partial charge in [0.15, 0.2) is 0 Å². The Morgan fingerprint density at radius 2 is 1.86 bits per heavy atom. The molecule has 0 spiro atoms. The molecule has 28 heavy (non-hydrogen) atoms. The summed E-state index contributed by atoms with van der Waals surface area (Å²) < 4.78 is 25.1. The summed E-state index contributed by atoms with van der Waals surface area (Å²) in [4.78, 5) is 26.9. The molecule has 9 heteroatoms. The standard InChI is InChI=1S/C19H27FN2O4.H2S2/c1-19(2,3)26-17(23)21(4)16-10-11-22(12-15(16)20)18(24)25-13-14-8-6-5-7-9-14;1-2/h5-9,15-16H,10-13H2,1-4H3;1-2H. The Labute approximate surface area is 176 Å². The number of rotatable bonds is 3. The molecule has 1 heterocycles. The summed E-state index contributed by atoms with van der Waals surface area (Å²) in [6.45, 7) is 5.65. The molecule has 0 aliphatic carbocycles. The number of halogens is 1. The van der Waals surface area contributed by atoms with Crippen molar-refractivity contribution in [3.8, 4) is 0 Å². The average molecular weight is 433 g/mol. The third-order valence-corrected chi connectivity index (χ3v) is 4.15. The van der Waals surface area contributed by atoms with Crippen LogP contribution in [-0.2, 0) is 16.1 Å². The summed E-state index contributed by atoms with van der Waals surface area (Å²) >= 11 is 6.44. The Hall–Kier alpha value is -1.61. The number of ether oxygens (including phenoxy) is 2. The van der Waals surface area contributed by atoms with E-state index in [4.69, 9.17) is 9.47 Å². The molecule has 0 N–H and O–H groups in total. The second-order valence-corrected chi connectivity index (χ2v) is 7.45. The van der Waals surface area contributed by atoms with Crippen LogP contribution in [0.1, 0.15) is 32.8 Å². The second-order valence-electron chi connectivity index (χ2n) is 7.45. The Morgan fingerprint density at radius 1 is 1.25 bits per heavy atom. The number of likely N-dealkylation sites (tertiary alicyclic amines) is 1. The van der Waals surface area contributed by atoms with E-state index in [-0.39, 0.29) is 13.2 Å². The first-order valence-electron chi connectivity index (χ1n) is 8.93. The number of piperidine rings is 1. The molecule has 1 saturated heterocycles. The van der Waals surface area contributed by atoms with Gasteiger partial charge < -0.3 is 19.3 Å². The predicted octanol–water partition coefficient (Wildman–Crippen LogP) is 4.36. The highest BCUT2D eigenvalue weighted by atomic mass is 33.1. The molecule has 6 nitrogen and oxygen atoms in total. The Kier molecular flexibility index (Phi) is 9.95. The van der Waals surface area contributed by atoms with E-state index in [9.17, 15) is 14.0 Å². The zero-order valence-corrected chi connectivity index (χ0v) is 18.5. The molecule has 0 aromatic heterocycles. The van der Waals surface area contributed by atoms with Crippen LogP contribution >= 0.6 is 23.3 Å². The van der Waals surface area contributed by atoms with Crippen molar-refractivity contribution in [2.45, 2.75) is 51.6 Å². The summed E-state index contributed by atoms with van der Waals surface area (Å²) in [5, 5.41) is 0. The van der Waals surface area contributed by atoms with Crippen molar-refractivity contribution in [2.24, 2.45) is 0 Å². The summed E-state index contributed by atoms with van der Waals surface area (Å²) in [5.74, 6) is 0. The van der Waals surface area contributed by atoms with E-state index in [0.717, 1.165) is 5.56 Å². The zero-order valence-electron chi connectivity index (χ0n) is 16.7. The molecule has 2 atom stereocenters. The van der Waals surface area contributed by atoms with Gasteiger partial charge in [-0.3, -0.25) is 0 Å². The molecule has 158 valence electrons. The van der Waals surface area contributed by atoms with Crippen LogP contribution in [0.15, 0.2) is 30.3 Å². The van der Waals surface area contributed by atoms with Gasteiger partial charge in [0.1, 0.15) is 18.4 Å². The van der Waals surface area contributed by atoms with Crippen molar-refractivity contribution in [3.05, 3.63) is 35.9 Å². The number of alkyl halides is 1. The molecule has 1 fully saturated rings. The van der Waals surface area contributed by atoms with Crippen molar-refractivity contribution in [1.29, 1.82) is 0 Å². The van der Waals surface area contributed by atoms with Gasteiger partial charge in [-0.2, -0.15) is 0 Å². The summed E-state index contributed by atoms with van der Waals surface area (Å²) in [7, 11) is 1.52. The molecule has 0 saturated carbocycles. The zero-order chi connectivity index (χ0) is 21.3. The molecule has 0 bridgehead atoms. The van der Waals surface area contributed by atoms with Crippen LogP contribution in [-0.4, -0.2) is 59.9 Å². The minimum atomic E-state index is -1.36. The highest BCUT2D eigenvalue weighted by Gasteiger charge is 2.37. The number of hydrogen-bond donors (Lipinski definition) is 2. The largest absolute Gasteiger partial charge is 0.445 e. The topological polar surface area (TPSA) is 59.1 Å². The van der Waals surface area contributed by atoms with Crippen LogP contribution in [0.3, 0.4) is 0 Å². The number of hydrogen-bond acceptors (Lipinski definition) is 6. The second kappa shape index (κ2) is 11.4. The van der Waals surface area contributed by atoms with Gasteiger partial charge in [0.2, 0.25) is 0 Å². The molecule has 1 aliphatic rings. The maximum absolute atomic E-state index is 14.6. The maximum Gasteiger partial charge on any atom is 0.410 e. The number of carbonyl (C=O) groups is 2. The summed E-state index contributed by atoms with van der Waals surface area (Å²) in [6, 6.07) is 8.69. The lowest BCUT2D eigenvalue weighted by Gasteiger charge is -2.38. The summed E-state index contributed by atoms with van der Waals surface area (Å²) in [6.07, 6.45) is -2.14. The number of thiol groups is 2. The van der Waals surface area contributed by atoms with Gasteiger partial charge in [-0.05, 0) is 32.8 Å². The van der Waals surface area contributed by atoms with E-state index in [0.29, 0.717) is 13.0 Å². The number of amides is 2. The van der Waals surface area contributed by atoms with E-state index < -0.39 is 30.0 Å². The predicted molar refractivity (Wildman–Crippen MR) is 113 cm³/mol. The van der Waals surface area contributed by atoms with Gasteiger partial charge in [-0.25, -0.2) is 14.0 Å². The van der Waals surface area contributed by atoms with E-state index >= 15 is 0 Å². The highest BCUT2D eigenvalue weighted by molar-refractivity contribution is 8.59. The molecule has 1 aromatic carbocycles. The first kappa shape index (κ1) is 24.4. The molecule has 2 rings (SSSR count). The Bertz CT molecular complexity index is 628. The fraction of sp³-hybridized carbons (Fsp3) is 0.579. The third kappa shape index (κ3) is 7.79. The van der Waals surface area contributed by atoms with Crippen LogP contribution in [0.2, 0.25) is 0 Å². The molecule has 0 radical (unpaired) electrons. The molecular formula is C19H29FN2O4S2. The van der Waals surface area contributed by atoms with Gasteiger partial charge in [0.05, 0.1) is 12.6 Å². The summed E-state index contributed by atoms with van der Waals surface area (Å²) in [5.41, 5.74) is 0.233. The molecule has 1 aliphatic heterocycles. The molecular weight excluding hydrogens is 403 g/mol. The lowest BCUT2D eigenvalue weighted by molar-refractivity contribution is -0.00298. The van der Waals surface area contributed by atoms with Crippen LogP contribution < -0.4 is 0 Å². The third-order valence-electron chi connectivity index (χ3n) is 4.15. The number of carbonyl (C=O) groups excluding carboxylic acids is 2. The smallest absolute Gasteiger partial charge is 0.410 e. The molecule has 2 amide bonds. The van der Waals surface area contributed by atoms with Gasteiger partial charge in [-0.15, -0.1) is 23.3 Å². The maximum atomic E-state index is 14.6. The van der Waals surface area contributed by atoms with Crippen LogP contribution in [0.25, 0.3) is 0 Å². The van der Waals surface area contributed by atoms with Crippen LogP contribution in [0, 0.1) is 0 Å². The number of nitrogens with zero attached hydrogens (tertiary/aromatic N) is 2. The van der Waals surface area contributed by atoms with Crippen molar-refractivity contribution < 1.29 is 23.5 Å². The van der Waals surface area contributed by atoms with E-state index in [1.54, 1.807) is 20.8 Å². The average Bonchev–Trinajstić information content (AvgIpc) is 2.66. The van der Waals surface area contributed by atoms with Crippen molar-refractivity contribution >= 4 is 35.5 Å². The van der Waals surface area contributed by atoms with E-state index in [2.05, 4.69) is 23.3 Å². The van der Waals surface area contributed by atoms with Crippen LogP contribution in [0.4, 0.5) is 14.0 Å². The monoisotopic (exact) mass is 432 g/mol. The first-order valence-corrected chi connectivity index (χ1v) is 10.5. The Morgan fingerprint density at radius 3 is 2.39 bits per heavy atom.